The second-order valence-electron chi connectivity index (χ2n) is 8.02. The molecule has 0 saturated carbocycles. The van der Waals surface area contributed by atoms with Gasteiger partial charge in [-0.05, 0) is 12.8 Å². The van der Waals surface area contributed by atoms with Crippen LogP contribution in [0.25, 0.3) is 0 Å². The molecule has 154 valence electrons. The van der Waals surface area contributed by atoms with Crippen molar-refractivity contribution in [1.29, 1.82) is 0 Å². The van der Waals surface area contributed by atoms with Gasteiger partial charge in [-0.25, -0.2) is 0 Å². The fourth-order valence-corrected chi connectivity index (χ4v) is 2.78. The van der Waals surface area contributed by atoms with Crippen molar-refractivity contribution in [2.75, 3.05) is 27.7 Å². The first-order valence-corrected chi connectivity index (χ1v) is 11.4. The van der Waals surface area contributed by atoms with Crippen LogP contribution in [0.1, 0.15) is 96.8 Å². The molecule has 0 rings (SSSR count). The SMILES string of the molecule is CCCCCCCCCCCCCCCC[N+](C)(C)C.O=S(=O)([O-])[O-].[Na+]. The first kappa shape index (κ1) is 31.5. The standard InChI is InChI=1S/C19H42N.Na.H2O4S/c1-5-6-7-8-9-10-11-12-13-14-15-16-17-18-19-20(2,3)4;;1-5(2,3)4/h5-19H2,1-4H3;;(H2,1,2,3,4)/q2*+1;/p-2. The van der Waals surface area contributed by atoms with Crippen molar-refractivity contribution in [1.82, 2.24) is 0 Å². The molecule has 7 heteroatoms. The smallest absolute Gasteiger partial charge is 0.759 e. The van der Waals surface area contributed by atoms with E-state index < -0.39 is 10.4 Å². The van der Waals surface area contributed by atoms with Crippen molar-refractivity contribution in [3.8, 4) is 0 Å². The van der Waals surface area contributed by atoms with Crippen molar-refractivity contribution < 1.29 is 51.6 Å². The second-order valence-corrected chi connectivity index (χ2v) is 8.83. The molecule has 0 aromatic rings. The summed E-state index contributed by atoms with van der Waals surface area (Å²) in [6, 6.07) is 0. The van der Waals surface area contributed by atoms with E-state index in [4.69, 9.17) is 17.5 Å². The van der Waals surface area contributed by atoms with Crippen LogP contribution in [0.3, 0.4) is 0 Å². The minimum Gasteiger partial charge on any atom is -0.759 e. The van der Waals surface area contributed by atoms with Gasteiger partial charge in [0.15, 0.2) is 0 Å². The summed E-state index contributed by atoms with van der Waals surface area (Å²) in [4.78, 5) is 0. The van der Waals surface area contributed by atoms with E-state index >= 15 is 0 Å². The molecule has 0 amide bonds. The second kappa shape index (κ2) is 20.6. The number of rotatable bonds is 15. The Morgan fingerprint density at radius 1 is 0.615 bits per heavy atom. The Balaban J connectivity index is -0.000000772. The number of quaternary nitrogens is 1. The summed E-state index contributed by atoms with van der Waals surface area (Å²) < 4.78 is 35.2. The summed E-state index contributed by atoms with van der Waals surface area (Å²) >= 11 is 0. The van der Waals surface area contributed by atoms with E-state index in [1.807, 2.05) is 0 Å². The Morgan fingerprint density at radius 2 is 0.846 bits per heavy atom. The predicted octanol–water partition coefficient (Wildman–Crippen LogP) is 1.84. The molecule has 0 spiro atoms. The van der Waals surface area contributed by atoms with Crippen LogP contribution >= 0.6 is 0 Å². The molecular formula is C19H42NNaO4S. The molecule has 0 aliphatic heterocycles. The van der Waals surface area contributed by atoms with Crippen LogP contribution < -0.4 is 29.6 Å². The molecule has 0 radical (unpaired) electrons. The molecule has 26 heavy (non-hydrogen) atoms. The normalized spacial score (nSPS) is 11.5. The molecule has 0 aromatic carbocycles. The zero-order valence-electron chi connectivity index (χ0n) is 18.1. The van der Waals surface area contributed by atoms with E-state index in [0.717, 1.165) is 4.48 Å². The van der Waals surface area contributed by atoms with Crippen molar-refractivity contribution >= 4 is 10.4 Å². The van der Waals surface area contributed by atoms with E-state index in [-0.39, 0.29) is 29.6 Å². The minimum absolute atomic E-state index is 0. The summed E-state index contributed by atoms with van der Waals surface area (Å²) in [5, 5.41) is 0. The van der Waals surface area contributed by atoms with Gasteiger partial charge in [0.2, 0.25) is 0 Å². The molecule has 0 aromatic heterocycles. The molecule has 0 fully saturated rings. The van der Waals surface area contributed by atoms with Gasteiger partial charge in [0.1, 0.15) is 0 Å². The molecule has 0 aliphatic rings. The minimum atomic E-state index is -5.17. The van der Waals surface area contributed by atoms with Crippen LogP contribution in [0, 0.1) is 0 Å². The fourth-order valence-electron chi connectivity index (χ4n) is 2.78. The number of hydrogen-bond acceptors (Lipinski definition) is 4. The summed E-state index contributed by atoms with van der Waals surface area (Å²) in [6.45, 7) is 3.63. The zero-order valence-corrected chi connectivity index (χ0v) is 20.9. The molecule has 0 bridgehead atoms. The third-order valence-electron chi connectivity index (χ3n) is 4.18. The molecular weight excluding hydrogens is 361 g/mol. The quantitative estimate of drug-likeness (QED) is 0.137. The number of hydrogen-bond donors (Lipinski definition) is 0. The Hall–Kier alpha value is 0.830. The molecule has 0 unspecified atom stereocenters. The third-order valence-corrected chi connectivity index (χ3v) is 4.18. The van der Waals surface area contributed by atoms with Gasteiger partial charge in [-0.15, -0.1) is 0 Å². The van der Waals surface area contributed by atoms with E-state index in [1.165, 1.54) is 96.4 Å². The third kappa shape index (κ3) is 44.4. The summed E-state index contributed by atoms with van der Waals surface area (Å²) in [5.74, 6) is 0. The van der Waals surface area contributed by atoms with Crippen molar-refractivity contribution in [2.45, 2.75) is 96.8 Å². The maximum atomic E-state index is 8.52. The van der Waals surface area contributed by atoms with Crippen molar-refractivity contribution in [3.05, 3.63) is 0 Å². The van der Waals surface area contributed by atoms with E-state index in [1.54, 1.807) is 0 Å². The Bertz CT molecular complexity index is 362. The molecule has 0 saturated heterocycles. The van der Waals surface area contributed by atoms with Crippen LogP contribution in [0.2, 0.25) is 0 Å². The van der Waals surface area contributed by atoms with Gasteiger partial charge in [0.25, 0.3) is 0 Å². The van der Waals surface area contributed by atoms with Gasteiger partial charge in [-0.1, -0.05) is 84.0 Å². The summed E-state index contributed by atoms with van der Waals surface area (Å²) in [7, 11) is 1.72. The van der Waals surface area contributed by atoms with Gasteiger partial charge in [-0.2, -0.15) is 0 Å². The van der Waals surface area contributed by atoms with Gasteiger partial charge >= 0.3 is 29.6 Å². The van der Waals surface area contributed by atoms with Gasteiger partial charge < -0.3 is 13.6 Å². The average molecular weight is 404 g/mol. The molecule has 0 heterocycles. The van der Waals surface area contributed by atoms with Crippen LogP contribution in [-0.2, 0) is 10.4 Å². The maximum Gasteiger partial charge on any atom is 1.00 e. The molecule has 0 aliphatic carbocycles. The van der Waals surface area contributed by atoms with Gasteiger partial charge in [0, 0.05) is 10.4 Å². The number of unbranched alkanes of at least 4 members (excludes halogenated alkanes) is 13. The van der Waals surface area contributed by atoms with Crippen LogP contribution in [-0.4, -0.2) is 49.7 Å². The largest absolute Gasteiger partial charge is 1.00 e. The van der Waals surface area contributed by atoms with Crippen LogP contribution in [0.5, 0.6) is 0 Å². The Labute approximate surface area is 185 Å². The predicted molar refractivity (Wildman–Crippen MR) is 104 cm³/mol. The molecule has 5 nitrogen and oxygen atoms in total. The van der Waals surface area contributed by atoms with Crippen molar-refractivity contribution in [3.63, 3.8) is 0 Å². The van der Waals surface area contributed by atoms with E-state index in [2.05, 4.69) is 28.1 Å². The number of nitrogens with zero attached hydrogens (tertiary/aromatic N) is 1. The van der Waals surface area contributed by atoms with E-state index in [9.17, 15) is 0 Å². The first-order valence-electron chi connectivity index (χ1n) is 10.0. The fraction of sp³-hybridized carbons (Fsp3) is 1.00. The van der Waals surface area contributed by atoms with Crippen LogP contribution in [0.4, 0.5) is 0 Å². The Morgan fingerprint density at radius 3 is 1.08 bits per heavy atom. The zero-order chi connectivity index (χ0) is 19.6. The van der Waals surface area contributed by atoms with Crippen molar-refractivity contribution in [2.24, 2.45) is 0 Å². The van der Waals surface area contributed by atoms with Gasteiger partial charge in [0.05, 0.1) is 27.7 Å². The summed E-state index contributed by atoms with van der Waals surface area (Å²) in [5.41, 5.74) is 0. The topological polar surface area (TPSA) is 80.3 Å². The van der Waals surface area contributed by atoms with Gasteiger partial charge in [-0.3, -0.25) is 8.42 Å². The molecule has 0 N–H and O–H groups in total. The van der Waals surface area contributed by atoms with E-state index in [0.29, 0.717) is 0 Å². The molecule has 0 atom stereocenters. The monoisotopic (exact) mass is 403 g/mol. The van der Waals surface area contributed by atoms with Crippen LogP contribution in [0.15, 0.2) is 0 Å². The maximum absolute atomic E-state index is 8.52. The Kier molecular flexibility index (Phi) is 24.9. The average Bonchev–Trinajstić information content (AvgIpc) is 2.45. The first-order chi connectivity index (χ1) is 11.6. The summed E-state index contributed by atoms with van der Waals surface area (Å²) in [6.07, 6.45) is 20.4.